The summed E-state index contributed by atoms with van der Waals surface area (Å²) in [5.74, 6) is 0.571. The molecule has 0 radical (unpaired) electrons. The Morgan fingerprint density at radius 1 is 0.959 bits per heavy atom. The molecule has 7 rings (SSSR count). The largest absolute Gasteiger partial charge is 0.468 e. The second-order valence-electron chi connectivity index (χ2n) is 14.3. The molecule has 1 amide bonds. The molecule has 10 nitrogen and oxygen atoms in total. The van der Waals surface area contributed by atoms with Gasteiger partial charge in [-0.15, -0.1) is 0 Å². The van der Waals surface area contributed by atoms with Crippen molar-refractivity contribution in [3.05, 3.63) is 54.3 Å². The van der Waals surface area contributed by atoms with Crippen LogP contribution in [-0.2, 0) is 9.47 Å². The summed E-state index contributed by atoms with van der Waals surface area (Å²) >= 11 is 0. The Bertz CT molecular complexity index is 1860. The fourth-order valence-electron chi connectivity index (χ4n) is 7.42. The van der Waals surface area contributed by atoms with Crippen molar-refractivity contribution >= 4 is 33.6 Å². The highest BCUT2D eigenvalue weighted by atomic mass is 19.1. The molecule has 0 spiro atoms. The smallest absolute Gasteiger partial charge is 0.410 e. The number of likely N-dealkylation sites (tertiary alicyclic amines) is 1. The molecule has 49 heavy (non-hydrogen) atoms. The predicted octanol–water partition coefficient (Wildman–Crippen LogP) is 6.58. The molecule has 3 saturated heterocycles. The van der Waals surface area contributed by atoms with Crippen molar-refractivity contribution in [3.63, 3.8) is 0 Å². The van der Waals surface area contributed by atoms with Crippen molar-refractivity contribution in [1.82, 2.24) is 19.8 Å². The van der Waals surface area contributed by atoms with Gasteiger partial charge < -0.3 is 23.8 Å². The molecular formula is C37H43F2N5O5. The summed E-state index contributed by atoms with van der Waals surface area (Å²) in [5.41, 5.74) is 0.522. The highest BCUT2D eigenvalue weighted by Gasteiger charge is 2.45. The average molecular weight is 676 g/mol. The lowest BCUT2D eigenvalue weighted by Gasteiger charge is -2.42. The zero-order valence-corrected chi connectivity index (χ0v) is 28.6. The number of rotatable bonds is 8. The summed E-state index contributed by atoms with van der Waals surface area (Å²) in [6.45, 7) is 7.16. The predicted molar refractivity (Wildman–Crippen MR) is 183 cm³/mol. The summed E-state index contributed by atoms with van der Waals surface area (Å²) in [4.78, 5) is 28.5. The Hall–Kier alpha value is -4.29. The Kier molecular flexibility index (Phi) is 8.95. The van der Waals surface area contributed by atoms with E-state index in [2.05, 4.69) is 9.88 Å². The van der Waals surface area contributed by atoms with Gasteiger partial charge in [0.15, 0.2) is 12.6 Å². The molecule has 3 aliphatic rings. The molecule has 0 N–H and O–H groups in total. The van der Waals surface area contributed by atoms with E-state index in [1.54, 1.807) is 13.2 Å². The number of benzene rings is 3. The molecule has 1 aromatic heterocycles. The monoisotopic (exact) mass is 675 g/mol. The van der Waals surface area contributed by atoms with E-state index in [-0.39, 0.29) is 49.1 Å². The highest BCUT2D eigenvalue weighted by Crippen LogP contribution is 2.40. The van der Waals surface area contributed by atoms with Crippen LogP contribution in [0.15, 0.2) is 48.5 Å². The van der Waals surface area contributed by atoms with Crippen LogP contribution in [0.25, 0.3) is 32.8 Å². The van der Waals surface area contributed by atoms with Gasteiger partial charge in [-0.3, -0.25) is 9.80 Å². The molecule has 4 aromatic rings. The molecule has 3 fully saturated rings. The number of amides is 1. The molecule has 3 aromatic carbocycles. The van der Waals surface area contributed by atoms with Gasteiger partial charge in [-0.05, 0) is 81.6 Å². The van der Waals surface area contributed by atoms with E-state index in [9.17, 15) is 9.18 Å². The van der Waals surface area contributed by atoms with Gasteiger partial charge >= 0.3 is 12.1 Å². The van der Waals surface area contributed by atoms with Crippen LogP contribution in [0.5, 0.6) is 11.8 Å². The maximum absolute atomic E-state index is 17.0. The number of nitrogens with zero attached hydrogens (tertiary/aromatic N) is 5. The number of ether oxygens (including phenoxy) is 4. The van der Waals surface area contributed by atoms with Crippen LogP contribution in [0.2, 0.25) is 0 Å². The van der Waals surface area contributed by atoms with Gasteiger partial charge in [-0.2, -0.15) is 9.97 Å². The van der Waals surface area contributed by atoms with Crippen molar-refractivity contribution in [2.45, 2.75) is 69.9 Å². The molecule has 0 saturated carbocycles. The Labute approximate surface area is 284 Å². The third-order valence-corrected chi connectivity index (χ3v) is 9.66. The summed E-state index contributed by atoms with van der Waals surface area (Å²) in [7, 11) is 3.41. The van der Waals surface area contributed by atoms with E-state index in [1.807, 2.05) is 80.1 Å². The zero-order chi connectivity index (χ0) is 34.4. The molecule has 3 aliphatic heterocycles. The minimum atomic E-state index is -0.929. The van der Waals surface area contributed by atoms with Crippen molar-refractivity contribution in [1.29, 1.82) is 0 Å². The van der Waals surface area contributed by atoms with Gasteiger partial charge in [0.1, 0.15) is 35.5 Å². The highest BCUT2D eigenvalue weighted by molar-refractivity contribution is 6.01. The average Bonchev–Trinajstić information content (AvgIpc) is 3.54. The first kappa shape index (κ1) is 33.2. The zero-order valence-electron chi connectivity index (χ0n) is 28.6. The topological polar surface area (TPSA) is 89.5 Å². The number of halogens is 2. The molecule has 2 bridgehead atoms. The van der Waals surface area contributed by atoms with Crippen molar-refractivity contribution < 1.29 is 32.5 Å². The maximum Gasteiger partial charge on any atom is 0.410 e. The number of likely N-dealkylation sites (N-methyl/N-ethyl adjacent to an activating group) is 1. The lowest BCUT2D eigenvalue weighted by Crippen LogP contribution is -2.57. The normalized spacial score (nSPS) is 22.7. The molecule has 4 atom stereocenters. The van der Waals surface area contributed by atoms with Crippen LogP contribution in [0.3, 0.4) is 0 Å². The SMILES string of the molecule is COCOc1cc(-c2ccc3c(N4C[C@H]5CC[C@@H](C4)N5C(=O)OC(C)(C)C)nc(OC[C@@H]4C[C@@H](F)CN4C)nc3c2F)c2ccccc2c1. The first-order chi connectivity index (χ1) is 23.5. The number of methoxy groups -OCH3 is 1. The first-order valence-electron chi connectivity index (χ1n) is 16.9. The van der Waals surface area contributed by atoms with E-state index in [0.717, 1.165) is 23.6 Å². The molecule has 0 aliphatic carbocycles. The number of hydrogen-bond donors (Lipinski definition) is 0. The fourth-order valence-corrected chi connectivity index (χ4v) is 7.42. The molecule has 12 heteroatoms. The van der Waals surface area contributed by atoms with Crippen LogP contribution < -0.4 is 14.4 Å². The van der Waals surface area contributed by atoms with E-state index >= 15 is 4.39 Å². The Balaban J connectivity index is 1.29. The second-order valence-corrected chi connectivity index (χ2v) is 14.3. The maximum atomic E-state index is 17.0. The number of hydrogen-bond acceptors (Lipinski definition) is 9. The van der Waals surface area contributed by atoms with Crippen molar-refractivity contribution in [3.8, 4) is 22.9 Å². The van der Waals surface area contributed by atoms with Gasteiger partial charge in [0.2, 0.25) is 0 Å². The quantitative estimate of drug-likeness (QED) is 0.192. The van der Waals surface area contributed by atoms with Gasteiger partial charge in [0, 0.05) is 43.7 Å². The third-order valence-electron chi connectivity index (χ3n) is 9.66. The van der Waals surface area contributed by atoms with E-state index < -0.39 is 17.6 Å². The van der Waals surface area contributed by atoms with Crippen LogP contribution >= 0.6 is 0 Å². The second kappa shape index (κ2) is 13.2. The first-order valence-corrected chi connectivity index (χ1v) is 16.9. The van der Waals surface area contributed by atoms with Crippen LogP contribution in [0, 0.1) is 5.82 Å². The number of alkyl halides is 1. The summed E-state index contributed by atoms with van der Waals surface area (Å²) in [6, 6.07) is 14.8. The fraction of sp³-hybridized carbons (Fsp3) is 0.486. The molecule has 260 valence electrons. The minimum Gasteiger partial charge on any atom is -0.468 e. The number of carbonyl (C=O) groups is 1. The number of aromatic nitrogens is 2. The standard InChI is InChI=1S/C37H43F2N5O5/c1-37(2,3)49-36(45)44-24-10-11-25(44)19-43(18-24)34-30-13-12-29(31-16-27(48-21-46-5)14-22-8-6-7-9-28(22)31)32(39)33(30)40-35(41-34)47-20-26-15-23(38)17-42(26)4/h6-9,12-14,16,23-26H,10-11,15,17-21H2,1-5H3/t23-,24-,25+,26+/m1/s1. The lowest BCUT2D eigenvalue weighted by molar-refractivity contribution is 0.0122. The van der Waals surface area contributed by atoms with E-state index in [4.69, 9.17) is 23.9 Å². The minimum absolute atomic E-state index is 0.0261. The van der Waals surface area contributed by atoms with Crippen LogP contribution in [0.4, 0.5) is 19.4 Å². The van der Waals surface area contributed by atoms with Gasteiger partial charge in [0.05, 0.1) is 12.1 Å². The molecule has 0 unspecified atom stereocenters. The van der Waals surface area contributed by atoms with Crippen molar-refractivity contribution in [2.24, 2.45) is 0 Å². The number of carbonyl (C=O) groups excluding carboxylic acids is 1. The number of anilines is 1. The summed E-state index contributed by atoms with van der Waals surface area (Å²) in [6.07, 6.45) is 0.765. The molecular weight excluding hydrogens is 632 g/mol. The molecule has 4 heterocycles. The number of piperazine rings is 1. The third kappa shape index (κ3) is 6.68. The van der Waals surface area contributed by atoms with Crippen LogP contribution in [-0.4, -0.2) is 103 Å². The lowest BCUT2D eigenvalue weighted by atomic mass is 9.96. The number of fused-ring (bicyclic) bond motifs is 4. The van der Waals surface area contributed by atoms with Gasteiger partial charge in [-0.25, -0.2) is 13.6 Å². The summed E-state index contributed by atoms with van der Waals surface area (Å²) < 4.78 is 53.9. The van der Waals surface area contributed by atoms with Crippen molar-refractivity contribution in [2.75, 3.05) is 52.1 Å². The summed E-state index contributed by atoms with van der Waals surface area (Å²) in [5, 5.41) is 2.29. The Morgan fingerprint density at radius 3 is 2.41 bits per heavy atom. The van der Waals surface area contributed by atoms with E-state index in [1.165, 1.54) is 0 Å². The van der Waals surface area contributed by atoms with Crippen LogP contribution in [0.1, 0.15) is 40.0 Å². The van der Waals surface area contributed by atoms with Gasteiger partial charge in [0.25, 0.3) is 0 Å². The van der Waals surface area contributed by atoms with E-state index in [0.29, 0.717) is 54.1 Å². The Morgan fingerprint density at radius 2 is 1.71 bits per heavy atom. The van der Waals surface area contributed by atoms with Gasteiger partial charge in [-0.1, -0.05) is 30.3 Å².